The molecular formula is C44H25N3S2. The maximum absolute atomic E-state index is 5.25. The van der Waals surface area contributed by atoms with Crippen LogP contribution in [-0.4, -0.2) is 14.5 Å². The molecule has 5 heteroatoms. The van der Waals surface area contributed by atoms with E-state index < -0.39 is 0 Å². The zero-order valence-electron chi connectivity index (χ0n) is 26.1. The zero-order chi connectivity index (χ0) is 32.1. The predicted molar refractivity (Wildman–Crippen MR) is 211 cm³/mol. The molecule has 0 spiro atoms. The van der Waals surface area contributed by atoms with Crippen LogP contribution in [0.2, 0.25) is 0 Å². The first kappa shape index (κ1) is 27.1. The molecule has 0 fully saturated rings. The van der Waals surface area contributed by atoms with Crippen LogP contribution in [0, 0.1) is 0 Å². The number of para-hydroxylation sites is 1. The van der Waals surface area contributed by atoms with Crippen molar-refractivity contribution in [2.24, 2.45) is 0 Å². The Bertz CT molecular complexity index is 3090. The third-order valence-electron chi connectivity index (χ3n) is 9.82. The molecule has 228 valence electrons. The summed E-state index contributed by atoms with van der Waals surface area (Å²) in [4.78, 5) is 11.3. The SMILES string of the molecule is c1ccc(-c2nc(-c3ccc(-n4c5ccccc5c5c6ccccc6c6sc7ccccc7c6c54)cc3)c3c(n2)sc2ccccc23)cc1. The Hall–Kier alpha value is -5.88. The molecule has 0 unspecified atom stereocenters. The monoisotopic (exact) mass is 659 g/mol. The van der Waals surface area contributed by atoms with Crippen LogP contribution >= 0.6 is 22.7 Å². The lowest BCUT2D eigenvalue weighted by Gasteiger charge is -2.12. The van der Waals surface area contributed by atoms with Crippen molar-refractivity contribution >= 4 is 95.7 Å². The number of hydrogen-bond donors (Lipinski definition) is 0. The van der Waals surface area contributed by atoms with Crippen molar-refractivity contribution in [3.05, 3.63) is 152 Å². The molecular weight excluding hydrogens is 635 g/mol. The molecule has 0 bridgehead atoms. The van der Waals surface area contributed by atoms with E-state index in [4.69, 9.17) is 9.97 Å². The van der Waals surface area contributed by atoms with Gasteiger partial charge in [-0.2, -0.15) is 0 Å². The molecule has 0 amide bonds. The summed E-state index contributed by atoms with van der Waals surface area (Å²) in [6.45, 7) is 0. The Balaban J connectivity index is 1.21. The van der Waals surface area contributed by atoms with E-state index in [2.05, 4.69) is 138 Å². The summed E-state index contributed by atoms with van der Waals surface area (Å²) in [6.07, 6.45) is 0. The minimum absolute atomic E-state index is 0.750. The van der Waals surface area contributed by atoms with Gasteiger partial charge >= 0.3 is 0 Å². The van der Waals surface area contributed by atoms with Gasteiger partial charge < -0.3 is 4.57 Å². The summed E-state index contributed by atoms with van der Waals surface area (Å²) < 4.78 is 6.35. The summed E-state index contributed by atoms with van der Waals surface area (Å²) in [5.74, 6) is 0.750. The number of rotatable bonds is 3. The van der Waals surface area contributed by atoms with E-state index in [1.807, 2.05) is 29.5 Å². The Morgan fingerprint density at radius 3 is 1.82 bits per heavy atom. The van der Waals surface area contributed by atoms with E-state index in [-0.39, 0.29) is 0 Å². The van der Waals surface area contributed by atoms with E-state index in [0.29, 0.717) is 0 Å². The number of hydrogen-bond acceptors (Lipinski definition) is 4. The van der Waals surface area contributed by atoms with Crippen LogP contribution in [0.3, 0.4) is 0 Å². The molecule has 7 aromatic carbocycles. The van der Waals surface area contributed by atoms with Gasteiger partial charge in [0.05, 0.1) is 16.7 Å². The smallest absolute Gasteiger partial charge is 0.161 e. The maximum atomic E-state index is 5.25. The van der Waals surface area contributed by atoms with E-state index in [1.54, 1.807) is 11.3 Å². The topological polar surface area (TPSA) is 30.7 Å². The van der Waals surface area contributed by atoms with Gasteiger partial charge in [0, 0.05) is 68.6 Å². The first-order valence-corrected chi connectivity index (χ1v) is 18.1. The quantitative estimate of drug-likeness (QED) is 0.189. The lowest BCUT2D eigenvalue weighted by atomic mass is 10.00. The van der Waals surface area contributed by atoms with Gasteiger partial charge in [-0.05, 0) is 35.7 Å². The molecule has 0 aliphatic rings. The first-order valence-electron chi connectivity index (χ1n) is 16.4. The summed E-state index contributed by atoms with van der Waals surface area (Å²) in [7, 11) is 0. The average molecular weight is 660 g/mol. The second-order valence-electron chi connectivity index (χ2n) is 12.5. The second kappa shape index (κ2) is 10.3. The Labute approximate surface area is 289 Å². The molecule has 11 aromatic rings. The van der Waals surface area contributed by atoms with Gasteiger partial charge in [-0.3, -0.25) is 0 Å². The highest BCUT2D eigenvalue weighted by Gasteiger charge is 2.22. The molecule has 0 N–H and O–H groups in total. The highest BCUT2D eigenvalue weighted by Crippen LogP contribution is 2.48. The van der Waals surface area contributed by atoms with Gasteiger partial charge in [0.25, 0.3) is 0 Å². The molecule has 0 radical (unpaired) electrons. The Morgan fingerprint density at radius 1 is 0.429 bits per heavy atom. The largest absolute Gasteiger partial charge is 0.309 e. The predicted octanol–water partition coefficient (Wildman–Crippen LogP) is 12.8. The number of thiophene rings is 2. The second-order valence-corrected chi connectivity index (χ2v) is 14.6. The molecule has 49 heavy (non-hydrogen) atoms. The first-order chi connectivity index (χ1) is 24.3. The van der Waals surface area contributed by atoms with Gasteiger partial charge in [0.15, 0.2) is 5.82 Å². The van der Waals surface area contributed by atoms with Gasteiger partial charge in [-0.1, -0.05) is 121 Å². The fraction of sp³-hybridized carbons (Fsp3) is 0. The van der Waals surface area contributed by atoms with E-state index in [0.717, 1.165) is 38.5 Å². The van der Waals surface area contributed by atoms with E-state index in [1.165, 1.54) is 62.8 Å². The number of aromatic nitrogens is 3. The van der Waals surface area contributed by atoms with Crippen molar-refractivity contribution in [1.82, 2.24) is 14.5 Å². The van der Waals surface area contributed by atoms with Crippen molar-refractivity contribution in [2.45, 2.75) is 0 Å². The van der Waals surface area contributed by atoms with Gasteiger partial charge in [-0.15, -0.1) is 22.7 Å². The molecule has 0 saturated heterocycles. The van der Waals surface area contributed by atoms with E-state index >= 15 is 0 Å². The van der Waals surface area contributed by atoms with Crippen molar-refractivity contribution in [3.63, 3.8) is 0 Å². The standard InChI is InChI=1S/C44H25N3S2/c1-2-12-27(13-3-1)43-45-40(38-32-17-7-11-21-36(32)49-44(38)46-43)26-22-24-28(25-23-26)47-34-19-9-6-16-31(34)37-29-14-4-5-15-30(29)42-39(41(37)47)33-18-8-10-20-35(33)48-42/h1-25H. The molecule has 4 heterocycles. The van der Waals surface area contributed by atoms with Crippen molar-refractivity contribution in [1.29, 1.82) is 0 Å². The minimum Gasteiger partial charge on any atom is -0.309 e. The van der Waals surface area contributed by atoms with Crippen molar-refractivity contribution in [3.8, 4) is 28.3 Å². The lowest BCUT2D eigenvalue weighted by molar-refractivity contribution is 1.18. The highest BCUT2D eigenvalue weighted by molar-refractivity contribution is 7.27. The summed E-state index contributed by atoms with van der Waals surface area (Å²) in [5, 5.41) is 10.1. The molecule has 0 aliphatic heterocycles. The molecule has 4 aromatic heterocycles. The zero-order valence-corrected chi connectivity index (χ0v) is 27.7. The molecule has 0 aliphatic carbocycles. The third kappa shape index (κ3) is 3.88. The Kier molecular flexibility index (Phi) is 5.70. The van der Waals surface area contributed by atoms with Gasteiger partial charge in [0.1, 0.15) is 4.83 Å². The summed E-state index contributed by atoms with van der Waals surface area (Å²) in [6, 6.07) is 54.5. The van der Waals surface area contributed by atoms with Crippen LogP contribution in [0.25, 0.3) is 101 Å². The summed E-state index contributed by atoms with van der Waals surface area (Å²) in [5.41, 5.74) is 6.66. The van der Waals surface area contributed by atoms with Crippen LogP contribution in [0.15, 0.2) is 152 Å². The normalized spacial score (nSPS) is 12.1. The summed E-state index contributed by atoms with van der Waals surface area (Å²) >= 11 is 3.63. The number of benzene rings is 7. The fourth-order valence-electron chi connectivity index (χ4n) is 7.70. The van der Waals surface area contributed by atoms with Gasteiger partial charge in [0.2, 0.25) is 0 Å². The molecule has 11 rings (SSSR count). The van der Waals surface area contributed by atoms with E-state index in [9.17, 15) is 0 Å². The number of fused-ring (bicyclic) bond motifs is 13. The van der Waals surface area contributed by atoms with Crippen LogP contribution in [0.4, 0.5) is 0 Å². The molecule has 0 atom stereocenters. The van der Waals surface area contributed by atoms with Crippen molar-refractivity contribution in [2.75, 3.05) is 0 Å². The molecule has 3 nitrogen and oxygen atoms in total. The maximum Gasteiger partial charge on any atom is 0.161 e. The highest BCUT2D eigenvalue weighted by atomic mass is 32.1. The third-order valence-corrected chi connectivity index (χ3v) is 12.1. The number of nitrogens with zero attached hydrogens (tertiary/aromatic N) is 3. The minimum atomic E-state index is 0.750. The van der Waals surface area contributed by atoms with Crippen LogP contribution in [0.1, 0.15) is 0 Å². The van der Waals surface area contributed by atoms with Crippen molar-refractivity contribution < 1.29 is 0 Å². The average Bonchev–Trinajstić information content (AvgIpc) is 3.85. The Morgan fingerprint density at radius 2 is 1.04 bits per heavy atom. The van der Waals surface area contributed by atoms with Crippen LogP contribution < -0.4 is 0 Å². The van der Waals surface area contributed by atoms with Crippen LogP contribution in [-0.2, 0) is 0 Å². The fourth-order valence-corrected chi connectivity index (χ4v) is 10.0. The van der Waals surface area contributed by atoms with Gasteiger partial charge in [-0.25, -0.2) is 9.97 Å². The lowest BCUT2D eigenvalue weighted by Crippen LogP contribution is -1.96. The molecule has 0 saturated carbocycles. The van der Waals surface area contributed by atoms with Crippen LogP contribution in [0.5, 0.6) is 0 Å².